The first kappa shape index (κ1) is 15.8. The third-order valence-corrected chi connectivity index (χ3v) is 2.76. The van der Waals surface area contributed by atoms with Crippen LogP contribution >= 0.6 is 0 Å². The molecule has 0 fully saturated rings. The predicted molar refractivity (Wildman–Crippen MR) is 77.4 cm³/mol. The van der Waals surface area contributed by atoms with Crippen molar-refractivity contribution in [3.63, 3.8) is 0 Å². The van der Waals surface area contributed by atoms with Crippen molar-refractivity contribution in [2.45, 2.75) is 6.42 Å². The zero-order valence-corrected chi connectivity index (χ0v) is 12.2. The van der Waals surface area contributed by atoms with Crippen molar-refractivity contribution < 1.29 is 19.1 Å². The Hall–Kier alpha value is -2.30. The fourth-order valence-electron chi connectivity index (χ4n) is 1.61. The summed E-state index contributed by atoms with van der Waals surface area (Å²) in [5.41, 5.74) is 2.13. The van der Waals surface area contributed by atoms with E-state index in [0.717, 1.165) is 11.3 Å². The molecule has 0 heterocycles. The second kappa shape index (κ2) is 7.33. The molecule has 0 saturated heterocycles. The van der Waals surface area contributed by atoms with Crippen LogP contribution in [-0.2, 0) is 19.1 Å². The van der Waals surface area contributed by atoms with Gasteiger partial charge in [-0.15, -0.1) is 0 Å². The summed E-state index contributed by atoms with van der Waals surface area (Å²) in [6.07, 6.45) is 1.51. The quantitative estimate of drug-likeness (QED) is 0.607. The Morgan fingerprint density at radius 3 is 2.15 bits per heavy atom. The molecular formula is C15H19NO4. The Balaban J connectivity index is 2.99. The molecule has 0 atom stereocenters. The van der Waals surface area contributed by atoms with Crippen LogP contribution in [0.4, 0.5) is 5.69 Å². The number of ether oxygens (including phenoxy) is 2. The molecule has 5 nitrogen and oxygen atoms in total. The SMILES string of the molecule is COC(=O)C/C(=C\c1ccc(N(C)C)cc1)C(=O)OC. The minimum Gasteiger partial charge on any atom is -0.469 e. The van der Waals surface area contributed by atoms with Gasteiger partial charge in [0.2, 0.25) is 0 Å². The number of hydrogen-bond acceptors (Lipinski definition) is 5. The van der Waals surface area contributed by atoms with E-state index in [2.05, 4.69) is 9.47 Å². The van der Waals surface area contributed by atoms with Crippen molar-refractivity contribution in [3.05, 3.63) is 35.4 Å². The van der Waals surface area contributed by atoms with Gasteiger partial charge in [-0.1, -0.05) is 12.1 Å². The van der Waals surface area contributed by atoms with Gasteiger partial charge < -0.3 is 14.4 Å². The van der Waals surface area contributed by atoms with Crippen molar-refractivity contribution in [1.29, 1.82) is 0 Å². The highest BCUT2D eigenvalue weighted by molar-refractivity contribution is 5.98. The molecule has 0 radical (unpaired) electrons. The van der Waals surface area contributed by atoms with E-state index >= 15 is 0 Å². The van der Waals surface area contributed by atoms with E-state index in [4.69, 9.17) is 0 Å². The van der Waals surface area contributed by atoms with Gasteiger partial charge in [-0.25, -0.2) is 4.79 Å². The molecular weight excluding hydrogens is 258 g/mol. The molecule has 0 unspecified atom stereocenters. The molecule has 0 aliphatic carbocycles. The molecule has 0 aliphatic rings. The molecule has 0 aliphatic heterocycles. The zero-order chi connectivity index (χ0) is 15.1. The lowest BCUT2D eigenvalue weighted by Crippen LogP contribution is -2.11. The second-order valence-electron chi connectivity index (χ2n) is 4.40. The van der Waals surface area contributed by atoms with Gasteiger partial charge in [-0.05, 0) is 23.8 Å². The molecule has 20 heavy (non-hydrogen) atoms. The van der Waals surface area contributed by atoms with E-state index in [1.807, 2.05) is 43.3 Å². The van der Waals surface area contributed by atoms with Gasteiger partial charge in [0, 0.05) is 25.4 Å². The number of anilines is 1. The van der Waals surface area contributed by atoms with Crippen molar-refractivity contribution in [3.8, 4) is 0 Å². The Kier molecular flexibility index (Phi) is 5.77. The average molecular weight is 277 g/mol. The maximum absolute atomic E-state index is 11.6. The molecule has 5 heteroatoms. The lowest BCUT2D eigenvalue weighted by atomic mass is 10.1. The van der Waals surface area contributed by atoms with Crippen molar-refractivity contribution in [1.82, 2.24) is 0 Å². The largest absolute Gasteiger partial charge is 0.469 e. The first-order valence-corrected chi connectivity index (χ1v) is 6.11. The van der Waals surface area contributed by atoms with E-state index in [0.29, 0.717) is 0 Å². The molecule has 108 valence electrons. The lowest BCUT2D eigenvalue weighted by molar-refractivity contribution is -0.143. The number of rotatable bonds is 5. The van der Waals surface area contributed by atoms with Gasteiger partial charge in [0.1, 0.15) is 0 Å². The number of carbonyl (C=O) groups excluding carboxylic acids is 2. The standard InChI is InChI=1S/C15H19NO4/c1-16(2)13-7-5-11(6-8-13)9-12(15(18)20-4)10-14(17)19-3/h5-9H,10H2,1-4H3/b12-9+. The predicted octanol–water partition coefficient (Wildman–Crippen LogP) is 1.87. The van der Waals surface area contributed by atoms with Gasteiger partial charge in [-0.3, -0.25) is 4.79 Å². The molecule has 0 amide bonds. The number of hydrogen-bond donors (Lipinski definition) is 0. The Morgan fingerprint density at radius 2 is 1.70 bits per heavy atom. The van der Waals surface area contributed by atoms with Gasteiger partial charge in [0.05, 0.1) is 20.6 Å². The number of benzene rings is 1. The van der Waals surface area contributed by atoms with Gasteiger partial charge in [0.15, 0.2) is 0 Å². The monoisotopic (exact) mass is 277 g/mol. The Labute approximate surface area is 118 Å². The van der Waals surface area contributed by atoms with Crippen molar-refractivity contribution in [2.24, 2.45) is 0 Å². The summed E-state index contributed by atoms with van der Waals surface area (Å²) in [6, 6.07) is 7.60. The van der Waals surface area contributed by atoms with Crippen LogP contribution in [0.2, 0.25) is 0 Å². The van der Waals surface area contributed by atoms with Crippen LogP contribution in [0, 0.1) is 0 Å². The van der Waals surface area contributed by atoms with Crippen LogP contribution < -0.4 is 4.90 Å². The van der Waals surface area contributed by atoms with Gasteiger partial charge in [-0.2, -0.15) is 0 Å². The summed E-state index contributed by atoms with van der Waals surface area (Å²) in [5.74, 6) is -1.02. The highest BCUT2D eigenvalue weighted by atomic mass is 16.5. The molecule has 1 aromatic rings. The molecule has 0 saturated carbocycles. The molecule has 0 N–H and O–H groups in total. The van der Waals surface area contributed by atoms with Crippen LogP contribution in [0.15, 0.2) is 29.8 Å². The van der Waals surface area contributed by atoms with Crippen LogP contribution in [0.1, 0.15) is 12.0 Å². The lowest BCUT2D eigenvalue weighted by Gasteiger charge is -2.12. The van der Waals surface area contributed by atoms with E-state index in [1.54, 1.807) is 6.08 Å². The highest BCUT2D eigenvalue weighted by Crippen LogP contribution is 2.16. The summed E-state index contributed by atoms with van der Waals surface area (Å²) in [6.45, 7) is 0. The highest BCUT2D eigenvalue weighted by Gasteiger charge is 2.14. The van der Waals surface area contributed by atoms with Gasteiger partial charge in [0.25, 0.3) is 0 Å². The average Bonchev–Trinajstić information content (AvgIpc) is 2.46. The van der Waals surface area contributed by atoms with Crippen LogP contribution in [0.25, 0.3) is 6.08 Å². The Bertz CT molecular complexity index is 503. The maximum Gasteiger partial charge on any atom is 0.334 e. The normalized spacial score (nSPS) is 10.9. The smallest absolute Gasteiger partial charge is 0.334 e. The summed E-state index contributed by atoms with van der Waals surface area (Å²) in [5, 5.41) is 0. The zero-order valence-electron chi connectivity index (χ0n) is 12.2. The fraction of sp³-hybridized carbons (Fsp3) is 0.333. The van der Waals surface area contributed by atoms with Crippen molar-refractivity contribution >= 4 is 23.7 Å². The molecule has 1 aromatic carbocycles. The molecule has 0 spiro atoms. The van der Waals surface area contributed by atoms with Crippen molar-refractivity contribution in [2.75, 3.05) is 33.2 Å². The van der Waals surface area contributed by atoms with Crippen LogP contribution in [-0.4, -0.2) is 40.3 Å². The first-order chi connectivity index (χ1) is 9.47. The summed E-state index contributed by atoms with van der Waals surface area (Å²) in [7, 11) is 6.45. The van der Waals surface area contributed by atoms with E-state index in [-0.39, 0.29) is 12.0 Å². The van der Waals surface area contributed by atoms with E-state index in [9.17, 15) is 9.59 Å². The number of methoxy groups -OCH3 is 2. The topological polar surface area (TPSA) is 55.8 Å². The number of carbonyl (C=O) groups is 2. The van der Waals surface area contributed by atoms with E-state index in [1.165, 1.54) is 14.2 Å². The number of nitrogens with zero attached hydrogens (tertiary/aromatic N) is 1. The van der Waals surface area contributed by atoms with E-state index < -0.39 is 11.9 Å². The minimum atomic E-state index is -0.535. The third-order valence-electron chi connectivity index (χ3n) is 2.76. The Morgan fingerprint density at radius 1 is 1.10 bits per heavy atom. The summed E-state index contributed by atoms with van der Waals surface area (Å²) < 4.78 is 9.24. The van der Waals surface area contributed by atoms with Crippen LogP contribution in [0.3, 0.4) is 0 Å². The fourth-order valence-corrected chi connectivity index (χ4v) is 1.61. The minimum absolute atomic E-state index is 0.112. The molecule has 0 aromatic heterocycles. The van der Waals surface area contributed by atoms with Gasteiger partial charge >= 0.3 is 11.9 Å². The summed E-state index contributed by atoms with van der Waals surface area (Å²) in [4.78, 5) is 24.9. The van der Waals surface area contributed by atoms with Crippen LogP contribution in [0.5, 0.6) is 0 Å². The number of esters is 2. The maximum atomic E-state index is 11.6. The second-order valence-corrected chi connectivity index (χ2v) is 4.40. The molecule has 1 rings (SSSR count). The first-order valence-electron chi connectivity index (χ1n) is 6.11. The summed E-state index contributed by atoms with van der Waals surface area (Å²) >= 11 is 0. The molecule has 0 bridgehead atoms. The third kappa shape index (κ3) is 4.42.